The Bertz CT molecular complexity index is 565. The Morgan fingerprint density at radius 3 is 3.06 bits per heavy atom. The van der Waals surface area contributed by atoms with Crippen molar-refractivity contribution in [3.63, 3.8) is 0 Å². The van der Waals surface area contributed by atoms with Gasteiger partial charge in [0, 0.05) is 10.2 Å². The van der Waals surface area contributed by atoms with E-state index < -0.39 is 0 Å². The molecule has 0 fully saturated rings. The van der Waals surface area contributed by atoms with Gasteiger partial charge in [-0.15, -0.1) is 0 Å². The topological polar surface area (TPSA) is 44.1 Å². The monoisotopic (exact) mass is 330 g/mol. The Balaban J connectivity index is 2.55. The molecule has 2 rings (SSSR count). The fraction of sp³-hybridized carbons (Fsp3) is 0.273. The third-order valence-corrected chi connectivity index (χ3v) is 2.89. The number of hydrogen-bond acceptors (Lipinski definition) is 3. The summed E-state index contributed by atoms with van der Waals surface area (Å²) in [6, 6.07) is 5.62. The van der Waals surface area contributed by atoms with Gasteiger partial charge >= 0.3 is 0 Å². The van der Waals surface area contributed by atoms with Gasteiger partial charge in [0.25, 0.3) is 5.56 Å². The summed E-state index contributed by atoms with van der Waals surface area (Å²) < 4.78 is 7.70. The summed E-state index contributed by atoms with van der Waals surface area (Å²) in [6.07, 6.45) is 1.52. The van der Waals surface area contributed by atoms with Crippen LogP contribution in [0.2, 0.25) is 0 Å². The second-order valence-electron chi connectivity index (χ2n) is 3.30. The lowest BCUT2D eigenvalue weighted by Gasteiger charge is -2.06. The number of nitrogens with zero attached hydrogens (tertiary/aromatic N) is 2. The number of benzene rings is 1. The number of hydrogen-bond donors (Lipinski definition) is 0. The van der Waals surface area contributed by atoms with E-state index in [0.29, 0.717) is 12.0 Å². The van der Waals surface area contributed by atoms with Gasteiger partial charge in [0.2, 0.25) is 0 Å². The van der Waals surface area contributed by atoms with Gasteiger partial charge in [0.1, 0.15) is 13.1 Å². The third kappa shape index (κ3) is 2.25. The van der Waals surface area contributed by atoms with Crippen molar-refractivity contribution in [2.45, 2.75) is 13.7 Å². The molecule has 0 N–H and O–H groups in total. The van der Waals surface area contributed by atoms with E-state index in [-0.39, 0.29) is 12.3 Å². The van der Waals surface area contributed by atoms with E-state index in [9.17, 15) is 4.79 Å². The summed E-state index contributed by atoms with van der Waals surface area (Å²) in [7, 11) is 0. The minimum absolute atomic E-state index is 0.0584. The molecule has 84 valence electrons. The van der Waals surface area contributed by atoms with E-state index in [0.717, 1.165) is 9.09 Å². The van der Waals surface area contributed by atoms with E-state index >= 15 is 0 Å². The first kappa shape index (κ1) is 11.5. The smallest absolute Gasteiger partial charge is 0.263 e. The van der Waals surface area contributed by atoms with Crippen LogP contribution in [0.25, 0.3) is 10.9 Å². The van der Waals surface area contributed by atoms with E-state index in [4.69, 9.17) is 4.74 Å². The molecular formula is C11H11IN2O2. The zero-order chi connectivity index (χ0) is 11.5. The van der Waals surface area contributed by atoms with Gasteiger partial charge in [-0.3, -0.25) is 9.36 Å². The van der Waals surface area contributed by atoms with Gasteiger partial charge < -0.3 is 4.74 Å². The maximum absolute atomic E-state index is 12.0. The van der Waals surface area contributed by atoms with Crippen LogP contribution in [0.4, 0.5) is 0 Å². The molecule has 1 aromatic carbocycles. The summed E-state index contributed by atoms with van der Waals surface area (Å²) in [6.45, 7) is 2.73. The van der Waals surface area contributed by atoms with Gasteiger partial charge in [0.05, 0.1) is 10.9 Å². The maximum atomic E-state index is 12.0. The molecule has 0 radical (unpaired) electrons. The van der Waals surface area contributed by atoms with Gasteiger partial charge in [-0.1, -0.05) is 0 Å². The first-order chi connectivity index (χ1) is 7.72. The average Bonchev–Trinajstić information content (AvgIpc) is 2.29. The summed E-state index contributed by atoms with van der Waals surface area (Å²) in [4.78, 5) is 16.2. The van der Waals surface area contributed by atoms with Crippen molar-refractivity contribution in [2.24, 2.45) is 0 Å². The van der Waals surface area contributed by atoms with Crippen LogP contribution >= 0.6 is 22.6 Å². The lowest BCUT2D eigenvalue weighted by atomic mass is 10.2. The van der Waals surface area contributed by atoms with Crippen molar-refractivity contribution in [1.29, 1.82) is 0 Å². The van der Waals surface area contributed by atoms with Crippen molar-refractivity contribution in [3.05, 3.63) is 38.5 Å². The lowest BCUT2D eigenvalue weighted by molar-refractivity contribution is 0.0850. The van der Waals surface area contributed by atoms with Crippen molar-refractivity contribution in [3.8, 4) is 0 Å². The highest BCUT2D eigenvalue weighted by Crippen LogP contribution is 2.11. The summed E-state index contributed by atoms with van der Waals surface area (Å²) in [5.41, 5.74) is 0.662. The van der Waals surface area contributed by atoms with Crippen LogP contribution < -0.4 is 5.56 Å². The van der Waals surface area contributed by atoms with Crippen LogP contribution in [0.15, 0.2) is 29.3 Å². The highest BCUT2D eigenvalue weighted by Gasteiger charge is 2.03. The Labute approximate surface area is 106 Å². The molecule has 0 saturated heterocycles. The van der Waals surface area contributed by atoms with Crippen LogP contribution in [-0.2, 0) is 11.5 Å². The molecular weight excluding hydrogens is 319 g/mol. The zero-order valence-corrected chi connectivity index (χ0v) is 11.0. The maximum Gasteiger partial charge on any atom is 0.263 e. The summed E-state index contributed by atoms with van der Waals surface area (Å²) in [5.74, 6) is 0. The fourth-order valence-corrected chi connectivity index (χ4v) is 1.90. The van der Waals surface area contributed by atoms with Crippen LogP contribution in [0.1, 0.15) is 6.92 Å². The highest BCUT2D eigenvalue weighted by molar-refractivity contribution is 14.1. The van der Waals surface area contributed by atoms with Crippen molar-refractivity contribution < 1.29 is 4.74 Å². The number of halogens is 1. The molecule has 0 aliphatic carbocycles. The average molecular weight is 330 g/mol. The predicted octanol–water partition coefficient (Wildman–Crippen LogP) is 2.00. The van der Waals surface area contributed by atoms with E-state index in [1.165, 1.54) is 10.9 Å². The van der Waals surface area contributed by atoms with Crippen molar-refractivity contribution >= 4 is 33.5 Å². The lowest BCUT2D eigenvalue weighted by Crippen LogP contribution is -2.21. The molecule has 0 spiro atoms. The Morgan fingerprint density at radius 2 is 2.31 bits per heavy atom. The Kier molecular flexibility index (Phi) is 3.55. The second-order valence-corrected chi connectivity index (χ2v) is 4.55. The number of fused-ring (bicyclic) bond motifs is 1. The van der Waals surface area contributed by atoms with Gasteiger partial charge in [-0.25, -0.2) is 4.98 Å². The molecule has 5 heteroatoms. The minimum Gasteiger partial charge on any atom is -0.361 e. The molecule has 16 heavy (non-hydrogen) atoms. The first-order valence-corrected chi connectivity index (χ1v) is 6.02. The van der Waals surface area contributed by atoms with Gasteiger partial charge in [-0.2, -0.15) is 0 Å². The van der Waals surface area contributed by atoms with E-state index in [1.54, 1.807) is 0 Å². The Hall–Kier alpha value is -0.950. The predicted molar refractivity (Wildman–Crippen MR) is 70.3 cm³/mol. The third-order valence-electron chi connectivity index (χ3n) is 2.22. The van der Waals surface area contributed by atoms with Gasteiger partial charge in [0.15, 0.2) is 0 Å². The van der Waals surface area contributed by atoms with Crippen LogP contribution in [0.5, 0.6) is 0 Å². The quantitative estimate of drug-likeness (QED) is 0.809. The van der Waals surface area contributed by atoms with Gasteiger partial charge in [-0.05, 0) is 47.7 Å². The fourth-order valence-electron chi connectivity index (χ4n) is 1.41. The molecule has 1 aromatic heterocycles. The van der Waals surface area contributed by atoms with Crippen molar-refractivity contribution in [2.75, 3.05) is 6.61 Å². The van der Waals surface area contributed by atoms with E-state index in [2.05, 4.69) is 27.6 Å². The molecule has 4 nitrogen and oxygen atoms in total. The Morgan fingerprint density at radius 1 is 1.50 bits per heavy atom. The van der Waals surface area contributed by atoms with Crippen LogP contribution in [-0.4, -0.2) is 16.2 Å². The SMILES string of the molecule is CCOCn1cnc2ccc(I)cc2c1=O. The molecule has 0 unspecified atom stereocenters. The first-order valence-electron chi connectivity index (χ1n) is 4.95. The molecule has 0 bridgehead atoms. The normalized spacial score (nSPS) is 10.9. The molecule has 0 amide bonds. The summed E-state index contributed by atoms with van der Waals surface area (Å²) >= 11 is 2.18. The summed E-state index contributed by atoms with van der Waals surface area (Å²) in [5, 5.41) is 0.633. The molecule has 0 saturated carbocycles. The second kappa shape index (κ2) is 4.92. The standard InChI is InChI=1S/C11H11IN2O2/c1-2-16-7-14-6-13-10-4-3-8(12)5-9(10)11(14)15/h3-6H,2,7H2,1H3. The molecule has 0 atom stereocenters. The molecule has 0 aliphatic heterocycles. The molecule has 2 aromatic rings. The largest absolute Gasteiger partial charge is 0.361 e. The minimum atomic E-state index is -0.0584. The zero-order valence-electron chi connectivity index (χ0n) is 8.81. The number of ether oxygens (including phenoxy) is 1. The number of rotatable bonds is 3. The number of aromatic nitrogens is 2. The van der Waals surface area contributed by atoms with Crippen molar-refractivity contribution in [1.82, 2.24) is 9.55 Å². The molecule has 0 aliphatic rings. The van der Waals surface area contributed by atoms with Crippen LogP contribution in [0, 0.1) is 3.57 Å². The molecule has 1 heterocycles. The van der Waals surface area contributed by atoms with E-state index in [1.807, 2.05) is 25.1 Å². The van der Waals surface area contributed by atoms with Crippen LogP contribution in [0.3, 0.4) is 0 Å². The highest BCUT2D eigenvalue weighted by atomic mass is 127.